The summed E-state index contributed by atoms with van der Waals surface area (Å²) in [7, 11) is 1.66. The van der Waals surface area contributed by atoms with Gasteiger partial charge in [-0.3, -0.25) is 0 Å². The molecule has 1 aromatic rings. The zero-order valence-corrected chi connectivity index (χ0v) is 12.3. The molecule has 2 fully saturated rings. The summed E-state index contributed by atoms with van der Waals surface area (Å²) in [5, 5.41) is 5.91. The fourth-order valence-electron chi connectivity index (χ4n) is 2.81. The topological polar surface area (TPSA) is 59.6 Å². The highest BCUT2D eigenvalue weighted by Gasteiger charge is 2.39. The van der Waals surface area contributed by atoms with Crippen LogP contribution in [0.2, 0.25) is 0 Å². The fourth-order valence-corrected chi connectivity index (χ4v) is 2.81. The Bertz CT molecular complexity index is 483. The molecule has 0 aromatic heterocycles. The second kappa shape index (κ2) is 6.35. The Labute approximate surface area is 125 Å². The van der Waals surface area contributed by atoms with E-state index in [1.165, 1.54) is 5.56 Å². The van der Waals surface area contributed by atoms with Gasteiger partial charge >= 0.3 is 6.03 Å². The van der Waals surface area contributed by atoms with Crippen LogP contribution in [-0.2, 0) is 4.74 Å². The third-order valence-corrected chi connectivity index (χ3v) is 4.17. The predicted molar refractivity (Wildman–Crippen MR) is 79.6 cm³/mol. The van der Waals surface area contributed by atoms with Gasteiger partial charge in [-0.15, -0.1) is 0 Å². The van der Waals surface area contributed by atoms with Gasteiger partial charge in [-0.25, -0.2) is 4.79 Å². The number of benzene rings is 1. The van der Waals surface area contributed by atoms with Gasteiger partial charge in [-0.05, 0) is 37.0 Å². The number of amides is 2. The minimum absolute atomic E-state index is 0.0912. The van der Waals surface area contributed by atoms with Crippen molar-refractivity contribution in [2.75, 3.05) is 20.3 Å². The average molecular weight is 290 g/mol. The molecular formula is C16H22N2O3. The molecule has 3 rings (SSSR count). The molecule has 3 atom stereocenters. The molecule has 0 spiro atoms. The van der Waals surface area contributed by atoms with Crippen molar-refractivity contribution in [1.29, 1.82) is 0 Å². The Hall–Kier alpha value is -1.75. The van der Waals surface area contributed by atoms with E-state index in [0.29, 0.717) is 12.5 Å². The zero-order valence-electron chi connectivity index (χ0n) is 12.3. The van der Waals surface area contributed by atoms with E-state index >= 15 is 0 Å². The van der Waals surface area contributed by atoms with E-state index < -0.39 is 0 Å². The van der Waals surface area contributed by atoms with Crippen LogP contribution < -0.4 is 15.4 Å². The number of nitrogens with one attached hydrogen (secondary N) is 2. The monoisotopic (exact) mass is 290 g/mol. The minimum Gasteiger partial charge on any atom is -0.497 e. The normalized spacial score (nSPS) is 27.2. The molecule has 0 unspecified atom stereocenters. The first kappa shape index (κ1) is 14.2. The third-order valence-electron chi connectivity index (χ3n) is 4.17. The Morgan fingerprint density at radius 2 is 2.19 bits per heavy atom. The Kier molecular flexibility index (Phi) is 4.29. The maximum absolute atomic E-state index is 11.8. The third kappa shape index (κ3) is 3.67. The van der Waals surface area contributed by atoms with Crippen LogP contribution in [0.5, 0.6) is 5.75 Å². The number of hydrogen-bond donors (Lipinski definition) is 2. The lowest BCUT2D eigenvalue weighted by molar-refractivity contribution is 0.111. The number of carbonyl (C=O) groups is 1. The van der Waals surface area contributed by atoms with E-state index in [4.69, 9.17) is 9.47 Å². The largest absolute Gasteiger partial charge is 0.497 e. The van der Waals surface area contributed by atoms with E-state index in [9.17, 15) is 4.79 Å². The molecule has 1 aliphatic heterocycles. The van der Waals surface area contributed by atoms with Crippen molar-refractivity contribution in [3.63, 3.8) is 0 Å². The number of urea groups is 1. The summed E-state index contributed by atoms with van der Waals surface area (Å²) in [4.78, 5) is 11.8. The zero-order chi connectivity index (χ0) is 14.7. The summed E-state index contributed by atoms with van der Waals surface area (Å²) < 4.78 is 10.6. The quantitative estimate of drug-likeness (QED) is 0.872. The smallest absolute Gasteiger partial charge is 0.315 e. The molecule has 0 radical (unpaired) electrons. The molecule has 0 bridgehead atoms. The average Bonchev–Trinajstić information content (AvgIpc) is 3.07. The van der Waals surface area contributed by atoms with E-state index in [1.54, 1.807) is 7.11 Å². The molecule has 1 aromatic carbocycles. The van der Waals surface area contributed by atoms with Crippen molar-refractivity contribution in [1.82, 2.24) is 10.6 Å². The molecule has 1 saturated carbocycles. The standard InChI is InChI=1S/C16H22N2O3/c1-20-12-6-4-11(5-7-12)14-9-15(14)18-16(19)17-10-13-3-2-8-21-13/h4-7,13-15H,2-3,8-10H2,1H3,(H2,17,18,19)/t13-,14-,15-/m0/s1. The Morgan fingerprint density at radius 1 is 1.38 bits per heavy atom. The number of hydrogen-bond acceptors (Lipinski definition) is 3. The van der Waals surface area contributed by atoms with Crippen LogP contribution in [0.4, 0.5) is 4.79 Å². The minimum atomic E-state index is -0.0912. The van der Waals surface area contributed by atoms with Crippen molar-refractivity contribution in [2.24, 2.45) is 0 Å². The first-order valence-electron chi connectivity index (χ1n) is 7.56. The number of carbonyl (C=O) groups excluding carboxylic acids is 1. The van der Waals surface area contributed by atoms with Gasteiger partial charge in [0.15, 0.2) is 0 Å². The van der Waals surface area contributed by atoms with Crippen LogP contribution >= 0.6 is 0 Å². The van der Waals surface area contributed by atoms with Crippen LogP contribution in [0, 0.1) is 0 Å². The van der Waals surface area contributed by atoms with E-state index in [0.717, 1.165) is 31.6 Å². The van der Waals surface area contributed by atoms with Crippen molar-refractivity contribution < 1.29 is 14.3 Å². The molecule has 114 valence electrons. The van der Waals surface area contributed by atoms with Gasteiger partial charge in [0.2, 0.25) is 0 Å². The van der Waals surface area contributed by atoms with Crippen LogP contribution in [-0.4, -0.2) is 38.4 Å². The molecule has 1 heterocycles. The summed E-state index contributed by atoms with van der Waals surface area (Å²) in [6.45, 7) is 1.42. The Balaban J connectivity index is 1.41. The highest BCUT2D eigenvalue weighted by atomic mass is 16.5. The van der Waals surface area contributed by atoms with Crippen LogP contribution in [0.15, 0.2) is 24.3 Å². The summed E-state index contributed by atoms with van der Waals surface area (Å²) >= 11 is 0. The van der Waals surface area contributed by atoms with Crippen molar-refractivity contribution in [3.8, 4) is 5.75 Å². The summed E-state index contributed by atoms with van der Waals surface area (Å²) in [6, 6.07) is 8.20. The predicted octanol–water partition coefficient (Wildman–Crippen LogP) is 2.03. The molecule has 2 amide bonds. The second-order valence-electron chi connectivity index (χ2n) is 5.71. The van der Waals surface area contributed by atoms with Crippen LogP contribution in [0.1, 0.15) is 30.7 Å². The van der Waals surface area contributed by atoms with Gasteiger partial charge in [-0.1, -0.05) is 12.1 Å². The van der Waals surface area contributed by atoms with Gasteiger partial charge in [0, 0.05) is 25.1 Å². The first-order valence-corrected chi connectivity index (χ1v) is 7.56. The lowest BCUT2D eigenvalue weighted by Gasteiger charge is -2.11. The van der Waals surface area contributed by atoms with Crippen LogP contribution in [0.3, 0.4) is 0 Å². The highest BCUT2D eigenvalue weighted by molar-refractivity contribution is 5.75. The maximum atomic E-state index is 11.8. The van der Waals surface area contributed by atoms with Crippen LogP contribution in [0.25, 0.3) is 0 Å². The fraction of sp³-hybridized carbons (Fsp3) is 0.562. The van der Waals surface area contributed by atoms with Gasteiger partial charge in [-0.2, -0.15) is 0 Å². The molecule has 5 heteroatoms. The van der Waals surface area contributed by atoms with Gasteiger partial charge in [0.05, 0.1) is 13.2 Å². The highest BCUT2D eigenvalue weighted by Crippen LogP contribution is 2.41. The molecule has 2 N–H and O–H groups in total. The van der Waals surface area contributed by atoms with Crippen molar-refractivity contribution >= 4 is 6.03 Å². The van der Waals surface area contributed by atoms with Gasteiger partial charge < -0.3 is 20.1 Å². The van der Waals surface area contributed by atoms with Gasteiger partial charge in [0.25, 0.3) is 0 Å². The Morgan fingerprint density at radius 3 is 2.86 bits per heavy atom. The van der Waals surface area contributed by atoms with Gasteiger partial charge in [0.1, 0.15) is 5.75 Å². The second-order valence-corrected chi connectivity index (χ2v) is 5.71. The molecule has 1 saturated heterocycles. The lowest BCUT2D eigenvalue weighted by Crippen LogP contribution is -2.40. The SMILES string of the molecule is COc1ccc([C@@H]2C[C@@H]2NC(=O)NC[C@@H]2CCCO2)cc1. The molecule has 2 aliphatic rings. The summed E-state index contributed by atoms with van der Waals surface area (Å²) in [5.74, 6) is 1.28. The molecule has 5 nitrogen and oxygen atoms in total. The van der Waals surface area contributed by atoms with Crippen molar-refractivity contribution in [2.45, 2.75) is 37.3 Å². The maximum Gasteiger partial charge on any atom is 0.315 e. The molecule has 21 heavy (non-hydrogen) atoms. The van der Waals surface area contributed by atoms with E-state index in [1.807, 2.05) is 12.1 Å². The molecular weight excluding hydrogens is 268 g/mol. The first-order chi connectivity index (χ1) is 10.3. The number of methoxy groups -OCH3 is 1. The number of ether oxygens (including phenoxy) is 2. The number of rotatable bonds is 5. The van der Waals surface area contributed by atoms with E-state index in [-0.39, 0.29) is 18.2 Å². The van der Waals surface area contributed by atoms with Crippen molar-refractivity contribution in [3.05, 3.63) is 29.8 Å². The molecule has 1 aliphatic carbocycles. The summed E-state index contributed by atoms with van der Waals surface area (Å²) in [6.07, 6.45) is 3.32. The van der Waals surface area contributed by atoms with E-state index in [2.05, 4.69) is 22.8 Å². The summed E-state index contributed by atoms with van der Waals surface area (Å²) in [5.41, 5.74) is 1.25. The lowest BCUT2D eigenvalue weighted by atomic mass is 10.1.